The normalized spacial score (nSPS) is 20.1. The lowest BCUT2D eigenvalue weighted by Crippen LogP contribution is -2.33. The van der Waals surface area contributed by atoms with E-state index in [9.17, 15) is 20.0 Å². The largest absolute Gasteiger partial charge is 0.500 e. The van der Waals surface area contributed by atoms with Crippen molar-refractivity contribution in [1.29, 1.82) is 0 Å². The maximum atomic E-state index is 13.3. The zero-order valence-corrected chi connectivity index (χ0v) is 17.1. The fourth-order valence-corrected chi connectivity index (χ4v) is 5.08. The molecule has 31 heavy (non-hydrogen) atoms. The molecule has 3 aromatic rings. The molecule has 0 amide bonds. The number of hydrogen-bond acceptors (Lipinski definition) is 9. The minimum Gasteiger partial charge on any atom is -0.500 e. The molecule has 3 heterocycles. The van der Waals surface area contributed by atoms with Gasteiger partial charge in [-0.3, -0.25) is 14.9 Å². The maximum Gasteiger partial charge on any atom is 0.315 e. The molecule has 11 heteroatoms. The van der Waals surface area contributed by atoms with Crippen LogP contribution in [0, 0.1) is 10.1 Å². The Hall–Kier alpha value is -3.73. The molecule has 10 nitrogen and oxygen atoms in total. The topological polar surface area (TPSA) is 132 Å². The van der Waals surface area contributed by atoms with E-state index in [1.165, 1.54) is 30.3 Å². The summed E-state index contributed by atoms with van der Waals surface area (Å²) in [6.45, 7) is 0. The van der Waals surface area contributed by atoms with Crippen LogP contribution in [0.1, 0.15) is 35.2 Å². The number of rotatable bonds is 4. The molecule has 2 aromatic heterocycles. The van der Waals surface area contributed by atoms with Crippen LogP contribution < -0.4 is 10.1 Å². The van der Waals surface area contributed by atoms with E-state index in [4.69, 9.17) is 4.74 Å². The highest BCUT2D eigenvalue weighted by Gasteiger charge is 2.40. The van der Waals surface area contributed by atoms with E-state index >= 15 is 0 Å². The van der Waals surface area contributed by atoms with Crippen LogP contribution in [0.3, 0.4) is 0 Å². The Bertz CT molecular complexity index is 1230. The molecule has 5 rings (SSSR count). The van der Waals surface area contributed by atoms with Gasteiger partial charge in [0.1, 0.15) is 12.4 Å². The Morgan fingerprint density at radius 2 is 2.23 bits per heavy atom. The van der Waals surface area contributed by atoms with Crippen molar-refractivity contribution >= 4 is 28.8 Å². The summed E-state index contributed by atoms with van der Waals surface area (Å²) in [5, 5.41) is 31.1. The van der Waals surface area contributed by atoms with Gasteiger partial charge in [0, 0.05) is 34.6 Å². The standard InChI is InChI=1S/C20H17N5O5S/c1-30-15-8-11(6-13(19(15)27)25(28)29)18-17-12(23-20-21-9-22-24(18)20)5-10(7-14(17)26)16-3-2-4-31-16/h2-4,6,8-10,18,27H,5,7H2,1H3,(H,21,22,23)/t10-,18+/m1/s1. The van der Waals surface area contributed by atoms with Crippen molar-refractivity contribution in [2.75, 3.05) is 12.4 Å². The molecule has 0 fully saturated rings. The number of fused-ring (bicyclic) bond motifs is 1. The number of nitro groups is 1. The first-order chi connectivity index (χ1) is 15.0. The second kappa shape index (κ2) is 7.20. The van der Waals surface area contributed by atoms with E-state index in [-0.39, 0.29) is 17.5 Å². The number of thiophene rings is 1. The van der Waals surface area contributed by atoms with Crippen LogP contribution in [0.5, 0.6) is 11.5 Å². The second-order valence-corrected chi connectivity index (χ2v) is 8.32. The number of nitrogens with one attached hydrogen (secondary N) is 1. The first-order valence-electron chi connectivity index (χ1n) is 9.49. The zero-order valence-electron chi connectivity index (χ0n) is 16.3. The number of carbonyl (C=O) groups excluding carboxylic acids is 1. The fraction of sp³-hybridized carbons (Fsp3) is 0.250. The number of methoxy groups -OCH3 is 1. The van der Waals surface area contributed by atoms with Gasteiger partial charge in [-0.15, -0.1) is 11.3 Å². The number of hydrogen-bond donors (Lipinski definition) is 2. The minimum absolute atomic E-state index is 0.0498. The van der Waals surface area contributed by atoms with Crippen LogP contribution in [0.25, 0.3) is 0 Å². The fourth-order valence-electron chi connectivity index (χ4n) is 4.25. The molecule has 1 aliphatic heterocycles. The predicted molar refractivity (Wildman–Crippen MR) is 111 cm³/mol. The van der Waals surface area contributed by atoms with Crippen molar-refractivity contribution in [3.05, 3.63) is 67.8 Å². The highest BCUT2D eigenvalue weighted by molar-refractivity contribution is 7.10. The van der Waals surface area contributed by atoms with Crippen LogP contribution in [0.2, 0.25) is 0 Å². The molecule has 1 aliphatic carbocycles. The van der Waals surface area contributed by atoms with Gasteiger partial charge in [0.25, 0.3) is 0 Å². The van der Waals surface area contributed by atoms with Gasteiger partial charge in [0.2, 0.25) is 11.7 Å². The SMILES string of the molecule is COc1cc([C@H]2C3=C(C[C@@H](c4cccs4)CC3=O)Nc3ncnn32)cc([N+](=O)[O-])c1O. The first kappa shape index (κ1) is 19.2. The summed E-state index contributed by atoms with van der Waals surface area (Å²) in [5.41, 5.74) is 1.13. The van der Waals surface area contributed by atoms with E-state index in [1.54, 1.807) is 11.3 Å². The summed E-state index contributed by atoms with van der Waals surface area (Å²) in [6.07, 6.45) is 2.31. The van der Waals surface area contributed by atoms with Crippen LogP contribution in [0.4, 0.5) is 11.6 Å². The number of aromatic nitrogens is 3. The van der Waals surface area contributed by atoms with Crippen molar-refractivity contribution in [1.82, 2.24) is 14.8 Å². The average Bonchev–Trinajstić information content (AvgIpc) is 3.44. The van der Waals surface area contributed by atoms with Crippen molar-refractivity contribution in [2.24, 2.45) is 0 Å². The van der Waals surface area contributed by atoms with Crippen molar-refractivity contribution in [3.63, 3.8) is 0 Å². The highest BCUT2D eigenvalue weighted by atomic mass is 32.1. The van der Waals surface area contributed by atoms with E-state index in [1.807, 2.05) is 17.5 Å². The number of carbonyl (C=O) groups is 1. The maximum absolute atomic E-state index is 13.3. The van der Waals surface area contributed by atoms with Gasteiger partial charge < -0.3 is 15.2 Å². The van der Waals surface area contributed by atoms with Crippen LogP contribution in [-0.2, 0) is 4.79 Å². The smallest absolute Gasteiger partial charge is 0.315 e. The number of anilines is 1. The second-order valence-electron chi connectivity index (χ2n) is 7.34. The average molecular weight is 439 g/mol. The summed E-state index contributed by atoms with van der Waals surface area (Å²) in [7, 11) is 1.31. The van der Waals surface area contributed by atoms with Crippen LogP contribution in [-0.4, -0.2) is 37.7 Å². The quantitative estimate of drug-likeness (QED) is 0.467. The molecular formula is C20H17N5O5S. The number of allylic oxidation sites excluding steroid dienone is 2. The Morgan fingerprint density at radius 3 is 2.94 bits per heavy atom. The number of nitrogens with zero attached hydrogens (tertiary/aromatic N) is 4. The summed E-state index contributed by atoms with van der Waals surface area (Å²) >= 11 is 1.61. The van der Waals surface area contributed by atoms with Crippen LogP contribution in [0.15, 0.2) is 47.2 Å². The van der Waals surface area contributed by atoms with Gasteiger partial charge in [-0.05, 0) is 29.5 Å². The minimum atomic E-state index is -0.723. The predicted octanol–water partition coefficient (Wildman–Crippen LogP) is 3.38. The van der Waals surface area contributed by atoms with E-state index in [0.717, 1.165) is 10.6 Å². The first-order valence-corrected chi connectivity index (χ1v) is 10.4. The molecule has 0 unspecified atom stereocenters. The highest BCUT2D eigenvalue weighted by Crippen LogP contribution is 2.47. The van der Waals surface area contributed by atoms with Crippen LogP contribution >= 0.6 is 11.3 Å². The van der Waals surface area contributed by atoms with Gasteiger partial charge >= 0.3 is 5.69 Å². The number of phenolic OH excluding ortho intramolecular Hbond substituents is 1. The number of phenols is 1. The van der Waals surface area contributed by atoms with E-state index < -0.39 is 22.4 Å². The molecule has 2 atom stereocenters. The van der Waals surface area contributed by atoms with E-state index in [0.29, 0.717) is 29.9 Å². The Labute approximate surface area is 180 Å². The Morgan fingerprint density at radius 1 is 1.39 bits per heavy atom. The number of nitro benzene ring substituents is 1. The molecule has 0 saturated heterocycles. The lowest BCUT2D eigenvalue weighted by molar-refractivity contribution is -0.386. The third kappa shape index (κ3) is 3.05. The summed E-state index contributed by atoms with van der Waals surface area (Å²) in [4.78, 5) is 29.5. The van der Waals surface area contributed by atoms with Crippen molar-refractivity contribution < 1.29 is 19.6 Å². The lowest BCUT2D eigenvalue weighted by atomic mass is 9.80. The third-order valence-corrected chi connectivity index (χ3v) is 6.65. The molecule has 158 valence electrons. The van der Waals surface area contributed by atoms with Gasteiger partial charge in [0.05, 0.1) is 12.0 Å². The monoisotopic (exact) mass is 439 g/mol. The molecule has 0 radical (unpaired) electrons. The molecule has 2 aliphatic rings. The van der Waals surface area contributed by atoms with Crippen molar-refractivity contribution in [2.45, 2.75) is 24.8 Å². The number of aromatic hydroxyl groups is 1. The molecule has 2 N–H and O–H groups in total. The Kier molecular flexibility index (Phi) is 4.47. The summed E-state index contributed by atoms with van der Waals surface area (Å²) < 4.78 is 6.68. The van der Waals surface area contributed by atoms with Gasteiger partial charge in [-0.25, -0.2) is 4.68 Å². The van der Waals surface area contributed by atoms with Crippen molar-refractivity contribution in [3.8, 4) is 11.5 Å². The molecule has 1 aromatic carbocycles. The number of Topliss-reactive ketones (excluding diaryl/α,β-unsaturated/α-hetero) is 1. The third-order valence-electron chi connectivity index (χ3n) is 5.62. The molecule has 0 spiro atoms. The molecule has 0 saturated carbocycles. The lowest BCUT2D eigenvalue weighted by Gasteiger charge is -2.34. The van der Waals surface area contributed by atoms with E-state index in [2.05, 4.69) is 15.4 Å². The summed E-state index contributed by atoms with van der Waals surface area (Å²) in [6, 6.07) is 6.00. The number of ketones is 1. The molecular weight excluding hydrogens is 422 g/mol. The summed E-state index contributed by atoms with van der Waals surface area (Å²) in [5.74, 6) is -0.180. The Balaban J connectivity index is 1.67. The van der Waals surface area contributed by atoms with Gasteiger partial charge in [-0.1, -0.05) is 6.07 Å². The van der Waals surface area contributed by atoms with Gasteiger partial charge in [-0.2, -0.15) is 10.1 Å². The number of ether oxygens (including phenoxy) is 1. The number of benzene rings is 1. The molecule has 0 bridgehead atoms. The van der Waals surface area contributed by atoms with Gasteiger partial charge in [0.15, 0.2) is 11.5 Å². The zero-order chi connectivity index (χ0) is 21.7.